The average Bonchev–Trinajstić information content (AvgIpc) is 3.35. The summed E-state index contributed by atoms with van der Waals surface area (Å²) in [4.78, 5) is 22.5. The Morgan fingerprint density at radius 2 is 2.09 bits per heavy atom. The first kappa shape index (κ1) is 16.0. The topological polar surface area (TPSA) is 75.6 Å². The second-order valence-corrected chi connectivity index (χ2v) is 6.38. The molecule has 0 bridgehead atoms. The third-order valence-corrected chi connectivity index (χ3v) is 4.70. The number of aryl methyl sites for hydroxylation is 1. The van der Waals surface area contributed by atoms with Crippen LogP contribution in [-0.2, 0) is 20.7 Å². The molecule has 1 amide bonds. The van der Waals surface area contributed by atoms with E-state index in [4.69, 9.17) is 9.84 Å². The number of fused-ring (bicyclic) bond motifs is 1. The molecule has 1 saturated carbocycles. The van der Waals surface area contributed by atoms with E-state index in [0.29, 0.717) is 19.6 Å². The smallest absolute Gasteiger partial charge is 0.307 e. The summed E-state index contributed by atoms with van der Waals surface area (Å²) in [6.45, 7) is 1.14. The number of amides is 1. The van der Waals surface area contributed by atoms with Crippen LogP contribution in [0.1, 0.15) is 42.9 Å². The lowest BCUT2D eigenvalue weighted by molar-refractivity contribution is -0.140. The van der Waals surface area contributed by atoms with Crippen molar-refractivity contribution in [2.45, 2.75) is 38.2 Å². The minimum absolute atomic E-state index is 0.139. The van der Waals surface area contributed by atoms with Gasteiger partial charge in [0.2, 0.25) is 5.91 Å². The van der Waals surface area contributed by atoms with Gasteiger partial charge in [-0.25, -0.2) is 0 Å². The predicted molar refractivity (Wildman–Crippen MR) is 84.9 cm³/mol. The van der Waals surface area contributed by atoms with E-state index < -0.39 is 11.9 Å². The van der Waals surface area contributed by atoms with Gasteiger partial charge in [-0.15, -0.1) is 0 Å². The minimum atomic E-state index is -0.871. The fourth-order valence-corrected chi connectivity index (χ4v) is 3.28. The Kier molecular flexibility index (Phi) is 4.96. The van der Waals surface area contributed by atoms with Crippen LogP contribution in [-0.4, -0.2) is 30.1 Å². The second kappa shape index (κ2) is 7.13. The van der Waals surface area contributed by atoms with Crippen molar-refractivity contribution in [3.63, 3.8) is 0 Å². The van der Waals surface area contributed by atoms with Gasteiger partial charge in [-0.2, -0.15) is 0 Å². The number of hydrogen-bond donors (Lipinski definition) is 2. The molecule has 0 saturated heterocycles. The van der Waals surface area contributed by atoms with Crippen LogP contribution in [0.5, 0.6) is 0 Å². The number of carboxylic acid groups (broad SMARTS) is 1. The summed E-state index contributed by atoms with van der Waals surface area (Å²) in [5.41, 5.74) is 2.68. The van der Waals surface area contributed by atoms with Gasteiger partial charge in [0.1, 0.15) is 0 Å². The molecule has 1 aromatic carbocycles. The molecule has 5 heteroatoms. The quantitative estimate of drug-likeness (QED) is 0.757. The monoisotopic (exact) mass is 317 g/mol. The van der Waals surface area contributed by atoms with Gasteiger partial charge in [0, 0.05) is 13.2 Å². The Balaban J connectivity index is 1.35. The SMILES string of the molecule is O=C(O)C1CC1C(=O)NCCCOC1CCCc2ccccc21. The van der Waals surface area contributed by atoms with Crippen LogP contribution in [0, 0.1) is 11.8 Å². The van der Waals surface area contributed by atoms with E-state index in [9.17, 15) is 9.59 Å². The van der Waals surface area contributed by atoms with E-state index in [2.05, 4.69) is 29.6 Å². The van der Waals surface area contributed by atoms with Gasteiger partial charge < -0.3 is 15.2 Å². The third kappa shape index (κ3) is 3.91. The molecule has 1 aromatic rings. The molecule has 1 fully saturated rings. The summed E-state index contributed by atoms with van der Waals surface area (Å²) in [6, 6.07) is 8.42. The molecule has 3 unspecified atom stereocenters. The highest BCUT2D eigenvalue weighted by atomic mass is 16.5. The zero-order chi connectivity index (χ0) is 16.2. The highest BCUT2D eigenvalue weighted by molar-refractivity contribution is 5.89. The number of ether oxygens (including phenoxy) is 1. The Hall–Kier alpha value is -1.88. The molecule has 0 aromatic heterocycles. The summed E-state index contributed by atoms with van der Waals surface area (Å²) >= 11 is 0. The molecular weight excluding hydrogens is 294 g/mol. The molecule has 3 rings (SSSR count). The molecule has 0 heterocycles. The number of aliphatic carboxylic acids is 1. The zero-order valence-electron chi connectivity index (χ0n) is 13.2. The number of carbonyl (C=O) groups excluding carboxylic acids is 1. The van der Waals surface area contributed by atoms with Gasteiger partial charge >= 0.3 is 5.97 Å². The molecule has 3 atom stereocenters. The number of rotatable bonds is 7. The van der Waals surface area contributed by atoms with E-state index in [0.717, 1.165) is 25.7 Å². The van der Waals surface area contributed by atoms with Crippen molar-refractivity contribution in [2.24, 2.45) is 11.8 Å². The van der Waals surface area contributed by atoms with E-state index in [1.54, 1.807) is 0 Å². The normalized spacial score (nSPS) is 25.5. The molecule has 2 aliphatic carbocycles. The van der Waals surface area contributed by atoms with Gasteiger partial charge in [-0.1, -0.05) is 24.3 Å². The van der Waals surface area contributed by atoms with E-state index in [-0.39, 0.29) is 17.9 Å². The summed E-state index contributed by atoms with van der Waals surface area (Å²) in [5, 5.41) is 11.6. The Labute approximate surface area is 136 Å². The van der Waals surface area contributed by atoms with Crippen molar-refractivity contribution < 1.29 is 19.4 Å². The molecule has 23 heavy (non-hydrogen) atoms. The molecular formula is C18H23NO4. The highest BCUT2D eigenvalue weighted by Gasteiger charge is 2.48. The van der Waals surface area contributed by atoms with E-state index >= 15 is 0 Å². The van der Waals surface area contributed by atoms with Gasteiger partial charge in [0.25, 0.3) is 0 Å². The lowest BCUT2D eigenvalue weighted by Gasteiger charge is -2.25. The molecule has 0 aliphatic heterocycles. The van der Waals surface area contributed by atoms with E-state index in [1.165, 1.54) is 11.1 Å². The van der Waals surface area contributed by atoms with Crippen molar-refractivity contribution in [3.05, 3.63) is 35.4 Å². The lowest BCUT2D eigenvalue weighted by Crippen LogP contribution is -2.28. The number of carboxylic acids is 1. The maximum absolute atomic E-state index is 11.7. The fraction of sp³-hybridized carbons (Fsp3) is 0.556. The Morgan fingerprint density at radius 3 is 2.87 bits per heavy atom. The van der Waals surface area contributed by atoms with Crippen molar-refractivity contribution >= 4 is 11.9 Å². The molecule has 2 N–H and O–H groups in total. The van der Waals surface area contributed by atoms with Gasteiger partial charge in [-0.05, 0) is 43.2 Å². The van der Waals surface area contributed by atoms with Crippen LogP contribution >= 0.6 is 0 Å². The summed E-state index contributed by atoms with van der Waals surface area (Å²) in [7, 11) is 0. The largest absolute Gasteiger partial charge is 0.481 e. The molecule has 5 nitrogen and oxygen atoms in total. The highest BCUT2D eigenvalue weighted by Crippen LogP contribution is 2.38. The molecule has 0 radical (unpaired) electrons. The van der Waals surface area contributed by atoms with E-state index in [1.807, 2.05) is 0 Å². The van der Waals surface area contributed by atoms with Crippen molar-refractivity contribution in [2.75, 3.05) is 13.2 Å². The summed E-state index contributed by atoms with van der Waals surface area (Å²) in [5.74, 6) is -1.83. The first-order chi connectivity index (χ1) is 11.2. The zero-order valence-corrected chi connectivity index (χ0v) is 13.2. The first-order valence-corrected chi connectivity index (χ1v) is 8.36. The van der Waals surface area contributed by atoms with Crippen LogP contribution in [0.3, 0.4) is 0 Å². The molecule has 124 valence electrons. The maximum atomic E-state index is 11.7. The second-order valence-electron chi connectivity index (χ2n) is 6.38. The van der Waals surface area contributed by atoms with Crippen LogP contribution < -0.4 is 5.32 Å². The summed E-state index contributed by atoms with van der Waals surface area (Å²) in [6.07, 6.45) is 4.70. The number of nitrogens with one attached hydrogen (secondary N) is 1. The van der Waals surface area contributed by atoms with Crippen molar-refractivity contribution in [1.82, 2.24) is 5.32 Å². The molecule has 2 aliphatic rings. The van der Waals surface area contributed by atoms with Crippen molar-refractivity contribution in [3.8, 4) is 0 Å². The van der Waals surface area contributed by atoms with Gasteiger partial charge in [0.05, 0.1) is 17.9 Å². The Bertz CT molecular complexity index is 586. The minimum Gasteiger partial charge on any atom is -0.481 e. The van der Waals surface area contributed by atoms with Crippen LogP contribution in [0.4, 0.5) is 0 Å². The van der Waals surface area contributed by atoms with Crippen molar-refractivity contribution in [1.29, 1.82) is 0 Å². The average molecular weight is 317 g/mol. The van der Waals surface area contributed by atoms with Gasteiger partial charge in [0.15, 0.2) is 0 Å². The number of carbonyl (C=O) groups is 2. The van der Waals surface area contributed by atoms with Crippen LogP contribution in [0.15, 0.2) is 24.3 Å². The van der Waals surface area contributed by atoms with Gasteiger partial charge in [-0.3, -0.25) is 9.59 Å². The molecule has 0 spiro atoms. The van der Waals surface area contributed by atoms with Crippen LogP contribution in [0.2, 0.25) is 0 Å². The summed E-state index contributed by atoms with van der Waals surface area (Å²) < 4.78 is 5.98. The first-order valence-electron chi connectivity index (χ1n) is 8.36. The lowest BCUT2D eigenvalue weighted by atomic mass is 9.89. The number of benzene rings is 1. The number of hydrogen-bond acceptors (Lipinski definition) is 3. The predicted octanol–water partition coefficient (Wildman–Crippen LogP) is 2.31. The Morgan fingerprint density at radius 1 is 1.26 bits per heavy atom. The third-order valence-electron chi connectivity index (χ3n) is 4.70. The van der Waals surface area contributed by atoms with Crippen LogP contribution in [0.25, 0.3) is 0 Å². The fourth-order valence-electron chi connectivity index (χ4n) is 3.28. The maximum Gasteiger partial charge on any atom is 0.307 e. The standard InChI is InChI=1S/C18H23NO4/c20-17(14-11-15(14)18(21)22)19-9-4-10-23-16-8-3-6-12-5-1-2-7-13(12)16/h1-2,5,7,14-16H,3-4,6,8-11H2,(H,19,20)(H,21,22).